The summed E-state index contributed by atoms with van der Waals surface area (Å²) in [6.45, 7) is 11.8. The third kappa shape index (κ3) is 10.7. The summed E-state index contributed by atoms with van der Waals surface area (Å²) < 4.78 is 11.4. The standard InChI is InChI=1S/C33H41N3O7/c1-20(2)31-23(5)8-13-29(39)34-14-6-7-21(3)15-26(38)16-22(4)17-30-35-28(19-42-30)32(40)36-27(33(41)43-31)18-24-9-11-25(37)12-10-24/h6-13,15,19-20,23,26-27,31,37-38H,4,14,16-18H2,1-3,5H3,(H,34,39)(H,36,40)/b7-6+,13-8+,21-15+. The molecule has 0 spiro atoms. The second-order valence-corrected chi connectivity index (χ2v) is 11.1. The van der Waals surface area contributed by atoms with Crippen LogP contribution in [0.15, 0.2) is 83.1 Å². The van der Waals surface area contributed by atoms with E-state index in [1.165, 1.54) is 24.5 Å². The topological polar surface area (TPSA) is 151 Å². The van der Waals surface area contributed by atoms with Gasteiger partial charge in [-0.25, -0.2) is 9.78 Å². The van der Waals surface area contributed by atoms with E-state index >= 15 is 0 Å². The zero-order valence-electron chi connectivity index (χ0n) is 25.1. The molecule has 1 aliphatic heterocycles. The van der Waals surface area contributed by atoms with Crippen LogP contribution in [0.5, 0.6) is 5.75 Å². The van der Waals surface area contributed by atoms with Crippen LogP contribution in [0.2, 0.25) is 0 Å². The van der Waals surface area contributed by atoms with Crippen LogP contribution in [0.1, 0.15) is 56.1 Å². The molecule has 1 aromatic carbocycles. The van der Waals surface area contributed by atoms with E-state index < -0.39 is 30.1 Å². The number of benzene rings is 1. The van der Waals surface area contributed by atoms with Gasteiger partial charge in [-0.2, -0.15) is 0 Å². The Hall–Kier alpha value is -4.44. The number of phenols is 1. The van der Waals surface area contributed by atoms with E-state index in [0.717, 1.165) is 5.57 Å². The van der Waals surface area contributed by atoms with Crippen molar-refractivity contribution in [1.82, 2.24) is 15.6 Å². The summed E-state index contributed by atoms with van der Waals surface area (Å²) in [5.41, 5.74) is 2.14. The minimum absolute atomic E-state index is 0.0196. The van der Waals surface area contributed by atoms with Gasteiger partial charge in [0.05, 0.1) is 6.10 Å². The number of aliphatic hydroxyl groups is 1. The van der Waals surface area contributed by atoms with Gasteiger partial charge in [0, 0.05) is 25.3 Å². The van der Waals surface area contributed by atoms with Crippen molar-refractivity contribution in [3.63, 3.8) is 0 Å². The number of oxazole rings is 1. The number of allylic oxidation sites excluding steroid dienone is 2. The number of hydrogen-bond donors (Lipinski definition) is 4. The first kappa shape index (κ1) is 33.1. The fraction of sp³-hybridized carbons (Fsp3) is 0.394. The highest BCUT2D eigenvalue weighted by molar-refractivity contribution is 5.95. The van der Waals surface area contributed by atoms with Gasteiger partial charge in [0.2, 0.25) is 5.91 Å². The van der Waals surface area contributed by atoms with E-state index in [9.17, 15) is 24.6 Å². The molecule has 0 aliphatic carbocycles. The largest absolute Gasteiger partial charge is 0.508 e. The maximum atomic E-state index is 13.5. The summed E-state index contributed by atoms with van der Waals surface area (Å²) in [5, 5.41) is 25.6. The Labute approximate surface area is 252 Å². The molecule has 2 bridgehead atoms. The van der Waals surface area contributed by atoms with Crippen LogP contribution in [0.3, 0.4) is 0 Å². The Morgan fingerprint density at radius 1 is 1.14 bits per heavy atom. The minimum Gasteiger partial charge on any atom is -0.508 e. The summed E-state index contributed by atoms with van der Waals surface area (Å²) >= 11 is 0. The molecule has 3 rings (SSSR count). The summed E-state index contributed by atoms with van der Waals surface area (Å²) in [4.78, 5) is 43.4. The van der Waals surface area contributed by atoms with Crippen molar-refractivity contribution in [2.24, 2.45) is 11.8 Å². The zero-order valence-corrected chi connectivity index (χ0v) is 25.1. The molecule has 10 nitrogen and oxygen atoms in total. The molecule has 2 amide bonds. The summed E-state index contributed by atoms with van der Waals surface area (Å²) in [6, 6.07) is 5.23. The van der Waals surface area contributed by atoms with Gasteiger partial charge in [-0.15, -0.1) is 0 Å². The summed E-state index contributed by atoms with van der Waals surface area (Å²) in [7, 11) is 0. The normalized spacial score (nSPS) is 26.0. The number of carbonyl (C=O) groups excluding carboxylic acids is 3. The molecule has 0 fully saturated rings. The van der Waals surface area contributed by atoms with Crippen LogP contribution in [-0.2, 0) is 27.2 Å². The number of esters is 1. The molecule has 4 unspecified atom stereocenters. The van der Waals surface area contributed by atoms with Crippen molar-refractivity contribution < 1.29 is 33.8 Å². The number of amides is 2. The highest BCUT2D eigenvalue weighted by Gasteiger charge is 2.30. The van der Waals surface area contributed by atoms with Crippen molar-refractivity contribution >= 4 is 17.8 Å². The van der Waals surface area contributed by atoms with Crippen molar-refractivity contribution in [3.8, 4) is 5.75 Å². The molecule has 0 saturated heterocycles. The number of ether oxygens (including phenoxy) is 1. The average Bonchev–Trinajstić information content (AvgIpc) is 3.41. The van der Waals surface area contributed by atoms with Crippen molar-refractivity contribution in [2.75, 3.05) is 6.54 Å². The second-order valence-electron chi connectivity index (χ2n) is 11.1. The average molecular weight is 592 g/mol. The molecule has 4 atom stereocenters. The van der Waals surface area contributed by atoms with Gasteiger partial charge in [-0.3, -0.25) is 9.59 Å². The highest BCUT2D eigenvalue weighted by Crippen LogP contribution is 2.21. The Bertz CT molecular complexity index is 1370. The van der Waals surface area contributed by atoms with E-state index in [-0.39, 0.29) is 54.3 Å². The van der Waals surface area contributed by atoms with E-state index in [4.69, 9.17) is 9.15 Å². The number of nitrogens with zero attached hydrogens (tertiary/aromatic N) is 1. The number of fused-ring (bicyclic) bond motifs is 2. The SMILES string of the molecule is C=C1Cc2nc(co2)C(=O)NC(Cc2ccc(O)cc2)C(=O)OC(C(C)C)C(C)/C=C/C(=O)NC/C=C/C(C)=C/C(O)C1. The van der Waals surface area contributed by atoms with Crippen LogP contribution < -0.4 is 10.6 Å². The lowest BCUT2D eigenvalue weighted by Crippen LogP contribution is -2.46. The number of carbonyl (C=O) groups is 3. The number of aromatic hydroxyl groups is 1. The number of nitrogens with one attached hydrogen (secondary N) is 2. The van der Waals surface area contributed by atoms with Crippen LogP contribution in [0.4, 0.5) is 0 Å². The maximum Gasteiger partial charge on any atom is 0.329 e. The predicted molar refractivity (Wildman–Crippen MR) is 162 cm³/mol. The Morgan fingerprint density at radius 3 is 2.56 bits per heavy atom. The maximum absolute atomic E-state index is 13.5. The van der Waals surface area contributed by atoms with E-state index in [1.54, 1.807) is 36.4 Å². The van der Waals surface area contributed by atoms with Crippen molar-refractivity contribution in [1.29, 1.82) is 0 Å². The molecular weight excluding hydrogens is 550 g/mol. The molecule has 2 aromatic rings. The van der Waals surface area contributed by atoms with Gasteiger partial charge in [-0.05, 0) is 43.0 Å². The Kier molecular flexibility index (Phi) is 12.1. The molecular formula is C33H41N3O7. The van der Waals surface area contributed by atoms with Crippen molar-refractivity contribution in [2.45, 2.75) is 65.2 Å². The Balaban J connectivity index is 1.91. The van der Waals surface area contributed by atoms with Gasteiger partial charge in [0.25, 0.3) is 5.91 Å². The Morgan fingerprint density at radius 2 is 1.86 bits per heavy atom. The molecule has 2 heterocycles. The molecule has 230 valence electrons. The van der Waals surface area contributed by atoms with Crippen LogP contribution in [-0.4, -0.2) is 57.8 Å². The monoisotopic (exact) mass is 591 g/mol. The van der Waals surface area contributed by atoms with Gasteiger partial charge in [0.1, 0.15) is 24.2 Å². The van der Waals surface area contributed by atoms with E-state index in [0.29, 0.717) is 17.7 Å². The van der Waals surface area contributed by atoms with Crippen molar-refractivity contribution in [3.05, 3.63) is 95.8 Å². The lowest BCUT2D eigenvalue weighted by molar-refractivity contribution is -0.155. The first-order valence-electron chi connectivity index (χ1n) is 14.3. The molecule has 1 aromatic heterocycles. The molecule has 43 heavy (non-hydrogen) atoms. The van der Waals surface area contributed by atoms with E-state index in [1.807, 2.05) is 27.7 Å². The third-order valence-corrected chi connectivity index (χ3v) is 6.86. The number of rotatable bonds is 3. The van der Waals surface area contributed by atoms with Gasteiger partial charge >= 0.3 is 5.97 Å². The molecule has 0 saturated carbocycles. The number of hydrogen-bond acceptors (Lipinski definition) is 8. The minimum atomic E-state index is -1.08. The molecule has 10 heteroatoms. The number of phenolic OH excluding ortho intramolecular Hbond substituents is 1. The van der Waals surface area contributed by atoms with Gasteiger partial charge in [-0.1, -0.05) is 74.9 Å². The van der Waals surface area contributed by atoms with E-state index in [2.05, 4.69) is 22.2 Å². The lowest BCUT2D eigenvalue weighted by Gasteiger charge is -2.28. The first-order chi connectivity index (χ1) is 20.4. The smallest absolute Gasteiger partial charge is 0.329 e. The lowest BCUT2D eigenvalue weighted by atomic mass is 9.94. The van der Waals surface area contributed by atoms with Crippen LogP contribution in [0.25, 0.3) is 0 Å². The second kappa shape index (κ2) is 15.7. The quantitative estimate of drug-likeness (QED) is 0.309. The van der Waals surface area contributed by atoms with Crippen LogP contribution in [0, 0.1) is 11.8 Å². The number of aromatic nitrogens is 1. The summed E-state index contributed by atoms with van der Waals surface area (Å²) in [6.07, 6.45) is 8.76. The predicted octanol–water partition coefficient (Wildman–Crippen LogP) is 3.96. The molecule has 0 radical (unpaired) electrons. The van der Waals surface area contributed by atoms with Gasteiger partial charge in [0.15, 0.2) is 11.6 Å². The fourth-order valence-electron chi connectivity index (χ4n) is 4.67. The zero-order chi connectivity index (χ0) is 31.5. The highest BCUT2D eigenvalue weighted by atomic mass is 16.5. The molecule has 4 N–H and O–H groups in total. The molecule has 1 aliphatic rings. The number of aliphatic hydroxyl groups excluding tert-OH is 1. The third-order valence-electron chi connectivity index (χ3n) is 6.86. The fourth-order valence-corrected chi connectivity index (χ4v) is 4.67. The first-order valence-corrected chi connectivity index (χ1v) is 14.3. The van der Waals surface area contributed by atoms with Gasteiger partial charge < -0.3 is 30.0 Å². The van der Waals surface area contributed by atoms with Crippen LogP contribution >= 0.6 is 0 Å². The number of cyclic esters (lactones) is 1. The summed E-state index contributed by atoms with van der Waals surface area (Å²) in [5.74, 6) is -1.66.